The minimum atomic E-state index is -0.160. The van der Waals surface area contributed by atoms with Crippen LogP contribution in [0.4, 0.5) is 0 Å². The van der Waals surface area contributed by atoms with Crippen LogP contribution in [0, 0.1) is 26.2 Å². The van der Waals surface area contributed by atoms with Gasteiger partial charge in [0.2, 0.25) is 0 Å². The van der Waals surface area contributed by atoms with Crippen molar-refractivity contribution in [1.82, 2.24) is 14.9 Å². The van der Waals surface area contributed by atoms with E-state index < -0.39 is 0 Å². The molecule has 1 aromatic carbocycles. The normalized spacial score (nSPS) is 15.3. The van der Waals surface area contributed by atoms with Gasteiger partial charge in [0.1, 0.15) is 0 Å². The number of aromatic nitrogens is 2. The number of carbonyl (C=O) groups is 1. The third kappa shape index (κ3) is 3.49. The summed E-state index contributed by atoms with van der Waals surface area (Å²) < 4.78 is 7.63. The molecule has 1 amide bonds. The maximum atomic E-state index is 13.1. The van der Waals surface area contributed by atoms with Crippen molar-refractivity contribution < 1.29 is 9.53 Å². The first-order valence-electron chi connectivity index (χ1n) is 9.92. The van der Waals surface area contributed by atoms with E-state index in [1.165, 1.54) is 0 Å². The van der Waals surface area contributed by atoms with Gasteiger partial charge in [-0.3, -0.25) is 9.59 Å². The maximum absolute atomic E-state index is 13.1. The number of nitrogens with one attached hydrogen (secondary N) is 2. The number of H-pyrrole nitrogens is 1. The number of fused-ring (bicyclic) bond motifs is 1. The lowest BCUT2D eigenvalue weighted by atomic mass is 9.88. The molecule has 2 N–H and O–H groups in total. The highest BCUT2D eigenvalue weighted by Gasteiger charge is 2.35. The SMILES string of the molecule is Cc1cc(C)c(CNC(=O)c2c(C)n(CC3(C)COC3)c3ccccc23)c(=O)[nH]1. The summed E-state index contributed by atoms with van der Waals surface area (Å²) in [6.07, 6.45) is 0. The van der Waals surface area contributed by atoms with Crippen molar-refractivity contribution in [2.45, 2.75) is 40.8 Å². The first-order chi connectivity index (χ1) is 13.8. The van der Waals surface area contributed by atoms with Crippen LogP contribution in [0.3, 0.4) is 0 Å². The Labute approximate surface area is 169 Å². The molecule has 6 nitrogen and oxygen atoms in total. The van der Waals surface area contributed by atoms with Crippen LogP contribution in [0.25, 0.3) is 10.9 Å². The van der Waals surface area contributed by atoms with Crippen molar-refractivity contribution in [3.8, 4) is 0 Å². The minimum Gasteiger partial charge on any atom is -0.380 e. The first kappa shape index (κ1) is 19.5. The molecule has 0 saturated carbocycles. The molecule has 1 fully saturated rings. The smallest absolute Gasteiger partial charge is 0.254 e. The van der Waals surface area contributed by atoms with Crippen molar-refractivity contribution in [2.75, 3.05) is 13.2 Å². The number of aromatic amines is 1. The van der Waals surface area contributed by atoms with Crippen LogP contribution in [-0.4, -0.2) is 28.7 Å². The fourth-order valence-electron chi connectivity index (χ4n) is 4.20. The van der Waals surface area contributed by atoms with Gasteiger partial charge in [-0.15, -0.1) is 0 Å². The van der Waals surface area contributed by atoms with Gasteiger partial charge in [0.05, 0.1) is 18.8 Å². The number of nitrogens with zero attached hydrogens (tertiary/aromatic N) is 1. The summed E-state index contributed by atoms with van der Waals surface area (Å²) in [6, 6.07) is 9.90. The van der Waals surface area contributed by atoms with Crippen molar-refractivity contribution >= 4 is 16.8 Å². The second kappa shape index (κ2) is 7.19. The van der Waals surface area contributed by atoms with Crippen molar-refractivity contribution in [3.63, 3.8) is 0 Å². The zero-order chi connectivity index (χ0) is 20.8. The van der Waals surface area contributed by atoms with E-state index in [1.807, 2.05) is 45.0 Å². The number of hydrogen-bond acceptors (Lipinski definition) is 3. The molecule has 0 atom stereocenters. The Hall–Kier alpha value is -2.86. The molecule has 152 valence electrons. The van der Waals surface area contributed by atoms with E-state index in [-0.39, 0.29) is 23.4 Å². The second-order valence-electron chi connectivity index (χ2n) is 8.49. The Morgan fingerprint density at radius 2 is 1.97 bits per heavy atom. The lowest BCUT2D eigenvalue weighted by molar-refractivity contribution is -0.109. The van der Waals surface area contributed by atoms with Crippen molar-refractivity contribution in [1.29, 1.82) is 0 Å². The van der Waals surface area contributed by atoms with Gasteiger partial charge in [0.25, 0.3) is 11.5 Å². The van der Waals surface area contributed by atoms with Crippen molar-refractivity contribution in [2.24, 2.45) is 5.41 Å². The highest BCUT2D eigenvalue weighted by atomic mass is 16.5. The molecule has 29 heavy (non-hydrogen) atoms. The molecule has 0 spiro atoms. The van der Waals surface area contributed by atoms with Crippen LogP contribution < -0.4 is 10.9 Å². The molecule has 3 heterocycles. The highest BCUT2D eigenvalue weighted by molar-refractivity contribution is 6.08. The van der Waals surface area contributed by atoms with Crippen molar-refractivity contribution in [3.05, 3.63) is 68.8 Å². The summed E-state index contributed by atoms with van der Waals surface area (Å²) in [4.78, 5) is 28.2. The number of amides is 1. The Morgan fingerprint density at radius 3 is 2.62 bits per heavy atom. The van der Waals surface area contributed by atoms with Crippen LogP contribution in [0.1, 0.15) is 39.8 Å². The fraction of sp³-hybridized carbons (Fsp3) is 0.391. The Kier molecular flexibility index (Phi) is 4.82. The monoisotopic (exact) mass is 393 g/mol. The van der Waals surface area contributed by atoms with Crippen LogP contribution in [0.15, 0.2) is 35.1 Å². The molecule has 3 aromatic rings. The molecule has 1 aliphatic rings. The topological polar surface area (TPSA) is 76.1 Å². The van der Waals surface area contributed by atoms with Gasteiger partial charge in [-0.2, -0.15) is 0 Å². The van der Waals surface area contributed by atoms with E-state index in [0.717, 1.165) is 47.6 Å². The van der Waals surface area contributed by atoms with E-state index in [0.29, 0.717) is 11.1 Å². The van der Waals surface area contributed by atoms with Crippen LogP contribution in [-0.2, 0) is 17.8 Å². The summed E-state index contributed by atoms with van der Waals surface area (Å²) in [5.41, 5.74) is 4.87. The van der Waals surface area contributed by atoms with E-state index in [1.54, 1.807) is 0 Å². The molecule has 0 radical (unpaired) electrons. The molecule has 2 aromatic heterocycles. The largest absolute Gasteiger partial charge is 0.380 e. The summed E-state index contributed by atoms with van der Waals surface area (Å²) in [5, 5.41) is 3.89. The van der Waals surface area contributed by atoms with Crippen LogP contribution >= 0.6 is 0 Å². The third-order valence-electron chi connectivity index (χ3n) is 5.82. The summed E-state index contributed by atoms with van der Waals surface area (Å²) in [7, 11) is 0. The maximum Gasteiger partial charge on any atom is 0.254 e. The molecule has 0 bridgehead atoms. The first-order valence-corrected chi connectivity index (χ1v) is 9.92. The van der Waals surface area contributed by atoms with E-state index in [4.69, 9.17) is 4.74 Å². The minimum absolute atomic E-state index is 0.0899. The number of rotatable bonds is 5. The molecule has 0 unspecified atom stereocenters. The zero-order valence-electron chi connectivity index (χ0n) is 17.4. The van der Waals surface area contributed by atoms with Gasteiger partial charge in [0.15, 0.2) is 0 Å². The molecule has 0 aliphatic carbocycles. The molecule has 1 aliphatic heterocycles. The highest BCUT2D eigenvalue weighted by Crippen LogP contribution is 2.33. The summed E-state index contributed by atoms with van der Waals surface area (Å²) >= 11 is 0. The number of para-hydroxylation sites is 1. The average molecular weight is 393 g/mol. The van der Waals surface area contributed by atoms with Gasteiger partial charge in [0, 0.05) is 46.4 Å². The Bertz CT molecular complexity index is 1150. The van der Waals surface area contributed by atoms with Gasteiger partial charge in [-0.25, -0.2) is 0 Å². The van der Waals surface area contributed by atoms with E-state index >= 15 is 0 Å². The average Bonchev–Trinajstić information content (AvgIpc) is 2.91. The van der Waals surface area contributed by atoms with E-state index in [2.05, 4.69) is 27.9 Å². The number of hydrogen-bond donors (Lipinski definition) is 2. The van der Waals surface area contributed by atoms with Gasteiger partial charge in [-0.1, -0.05) is 25.1 Å². The Morgan fingerprint density at radius 1 is 1.24 bits per heavy atom. The lowest BCUT2D eigenvalue weighted by Gasteiger charge is -2.38. The number of ether oxygens (including phenoxy) is 1. The molecule has 6 heteroatoms. The van der Waals surface area contributed by atoms with Crippen LogP contribution in [0.5, 0.6) is 0 Å². The standard InChI is InChI=1S/C23H27N3O3/c1-14-9-15(2)25-21(27)18(14)10-24-22(28)20-16(3)26(11-23(4)12-29-13-23)19-8-6-5-7-17(19)20/h5-9H,10-13H2,1-4H3,(H,24,28)(H,25,27). The molecule has 1 saturated heterocycles. The summed E-state index contributed by atoms with van der Waals surface area (Å²) in [5.74, 6) is -0.160. The molecular weight excluding hydrogens is 366 g/mol. The van der Waals surface area contributed by atoms with Gasteiger partial charge < -0.3 is 19.6 Å². The number of pyridine rings is 1. The zero-order valence-corrected chi connectivity index (χ0v) is 17.4. The number of carbonyl (C=O) groups excluding carboxylic acids is 1. The number of aryl methyl sites for hydroxylation is 2. The van der Waals surface area contributed by atoms with Crippen LogP contribution in [0.2, 0.25) is 0 Å². The Balaban J connectivity index is 1.66. The second-order valence-corrected chi connectivity index (χ2v) is 8.49. The third-order valence-corrected chi connectivity index (χ3v) is 5.82. The molecular formula is C23H27N3O3. The fourth-order valence-corrected chi connectivity index (χ4v) is 4.20. The number of benzene rings is 1. The quantitative estimate of drug-likeness (QED) is 0.699. The predicted molar refractivity (Wildman–Crippen MR) is 113 cm³/mol. The van der Waals surface area contributed by atoms with Gasteiger partial charge >= 0.3 is 0 Å². The summed E-state index contributed by atoms with van der Waals surface area (Å²) in [6.45, 7) is 10.4. The van der Waals surface area contributed by atoms with E-state index in [9.17, 15) is 9.59 Å². The predicted octanol–water partition coefficient (Wildman–Crippen LogP) is 3.22. The lowest BCUT2D eigenvalue weighted by Crippen LogP contribution is -2.43. The molecule has 4 rings (SSSR count). The van der Waals surface area contributed by atoms with Gasteiger partial charge in [-0.05, 0) is 38.5 Å².